The monoisotopic (exact) mass is 517 g/mol. The highest BCUT2D eigenvalue weighted by Gasteiger charge is 2.47. The van der Waals surface area contributed by atoms with E-state index in [4.69, 9.17) is 0 Å². The van der Waals surface area contributed by atoms with E-state index >= 15 is 0 Å². The van der Waals surface area contributed by atoms with E-state index in [9.17, 15) is 27.9 Å². The Morgan fingerprint density at radius 2 is 1.52 bits per heavy atom. The molecule has 3 aromatic rings. The lowest BCUT2D eigenvalue weighted by molar-refractivity contribution is -0.274. The largest absolute Gasteiger partial charge is 0.573 e. The summed E-state index contributed by atoms with van der Waals surface area (Å²) in [7, 11) is 0. The Balaban J connectivity index is 1.83. The number of amides is 1. The van der Waals surface area contributed by atoms with Gasteiger partial charge in [-0.15, -0.1) is 13.2 Å². The molecule has 1 atom stereocenters. The number of hydrogen-bond acceptors (Lipinski definition) is 4. The van der Waals surface area contributed by atoms with Gasteiger partial charge in [-0.2, -0.15) is 0 Å². The Labute approximate surface area is 194 Å². The smallest absolute Gasteiger partial charge is 0.507 e. The number of halogens is 4. The zero-order valence-electron chi connectivity index (χ0n) is 16.7. The van der Waals surface area contributed by atoms with Crippen LogP contribution in [0.5, 0.6) is 5.75 Å². The highest BCUT2D eigenvalue weighted by atomic mass is 79.9. The minimum absolute atomic E-state index is 0.121. The number of aliphatic hydroxyl groups is 1. The predicted octanol–water partition coefficient (Wildman–Crippen LogP) is 5.97. The number of aliphatic hydroxyl groups excluding tert-OH is 1. The van der Waals surface area contributed by atoms with E-state index in [1.165, 1.54) is 12.1 Å². The van der Waals surface area contributed by atoms with E-state index in [0.717, 1.165) is 21.5 Å². The summed E-state index contributed by atoms with van der Waals surface area (Å²) in [5, 5.41) is 11.0. The van der Waals surface area contributed by atoms with Gasteiger partial charge in [-0.3, -0.25) is 14.5 Å². The number of carbonyl (C=O) groups is 2. The van der Waals surface area contributed by atoms with Gasteiger partial charge in [0.25, 0.3) is 11.7 Å². The quantitative estimate of drug-likeness (QED) is 0.263. The summed E-state index contributed by atoms with van der Waals surface area (Å²) in [5.74, 6) is -2.63. The van der Waals surface area contributed by atoms with Crippen molar-refractivity contribution >= 4 is 39.1 Å². The maximum absolute atomic E-state index is 13.0. The first-order valence-corrected chi connectivity index (χ1v) is 10.4. The minimum Gasteiger partial charge on any atom is -0.507 e. The van der Waals surface area contributed by atoms with Gasteiger partial charge >= 0.3 is 6.36 Å². The molecule has 0 radical (unpaired) electrons. The van der Waals surface area contributed by atoms with E-state index in [0.29, 0.717) is 11.1 Å². The Morgan fingerprint density at radius 3 is 2.09 bits per heavy atom. The fraction of sp³-hybridized carbons (Fsp3) is 0.0833. The Bertz CT molecular complexity index is 1220. The molecule has 1 saturated heterocycles. The molecule has 0 saturated carbocycles. The second-order valence-electron chi connectivity index (χ2n) is 7.13. The van der Waals surface area contributed by atoms with Crippen LogP contribution in [0.2, 0.25) is 0 Å². The van der Waals surface area contributed by atoms with Crippen LogP contribution in [0.15, 0.2) is 88.9 Å². The van der Waals surface area contributed by atoms with Gasteiger partial charge in [0, 0.05) is 15.7 Å². The molecule has 168 valence electrons. The summed E-state index contributed by atoms with van der Waals surface area (Å²) in [6.45, 7) is 0. The Morgan fingerprint density at radius 1 is 0.909 bits per heavy atom. The van der Waals surface area contributed by atoms with E-state index in [1.54, 1.807) is 54.6 Å². The molecule has 33 heavy (non-hydrogen) atoms. The Hall–Kier alpha value is -3.59. The van der Waals surface area contributed by atoms with Crippen molar-refractivity contribution in [2.24, 2.45) is 0 Å². The molecule has 1 fully saturated rings. The second kappa shape index (κ2) is 8.74. The van der Waals surface area contributed by atoms with Crippen LogP contribution in [0.3, 0.4) is 0 Å². The van der Waals surface area contributed by atoms with Crippen LogP contribution in [0.4, 0.5) is 18.9 Å². The summed E-state index contributed by atoms with van der Waals surface area (Å²) in [6.07, 6.45) is -4.86. The fourth-order valence-electron chi connectivity index (χ4n) is 3.62. The lowest BCUT2D eigenvalue weighted by atomic mass is 9.95. The summed E-state index contributed by atoms with van der Waals surface area (Å²) in [6, 6.07) is 18.8. The lowest BCUT2D eigenvalue weighted by Crippen LogP contribution is -2.29. The zero-order valence-corrected chi connectivity index (χ0v) is 18.3. The van der Waals surface area contributed by atoms with Gasteiger partial charge in [0.2, 0.25) is 0 Å². The predicted molar refractivity (Wildman–Crippen MR) is 118 cm³/mol. The fourth-order valence-corrected chi connectivity index (χ4v) is 3.89. The first-order chi connectivity index (χ1) is 15.7. The number of benzene rings is 3. The SMILES string of the molecule is O=C1C(=O)N(c2ccc(OC(F)(F)F)cc2)C(c2ccccc2)/C1=C(\O)c1ccc(Br)cc1. The third-order valence-electron chi connectivity index (χ3n) is 5.03. The van der Waals surface area contributed by atoms with Crippen LogP contribution < -0.4 is 9.64 Å². The van der Waals surface area contributed by atoms with Crippen molar-refractivity contribution in [3.63, 3.8) is 0 Å². The number of hydrogen-bond donors (Lipinski definition) is 1. The molecule has 1 unspecified atom stereocenters. The first kappa shape index (κ1) is 22.6. The van der Waals surface area contributed by atoms with Gasteiger partial charge in [0.15, 0.2) is 0 Å². The number of ether oxygens (including phenoxy) is 1. The van der Waals surface area contributed by atoms with E-state index < -0.39 is 29.8 Å². The molecule has 0 spiro atoms. The van der Waals surface area contributed by atoms with Crippen molar-refractivity contribution in [3.8, 4) is 5.75 Å². The number of rotatable bonds is 4. The van der Waals surface area contributed by atoms with Crippen molar-refractivity contribution in [3.05, 3.63) is 100 Å². The number of ketones is 1. The number of nitrogens with zero attached hydrogens (tertiary/aromatic N) is 1. The lowest BCUT2D eigenvalue weighted by Gasteiger charge is -2.25. The third-order valence-corrected chi connectivity index (χ3v) is 5.55. The average Bonchev–Trinajstić information content (AvgIpc) is 3.04. The molecule has 1 aliphatic rings. The molecule has 0 bridgehead atoms. The van der Waals surface area contributed by atoms with Crippen LogP contribution in [-0.4, -0.2) is 23.2 Å². The second-order valence-corrected chi connectivity index (χ2v) is 8.04. The van der Waals surface area contributed by atoms with Crippen molar-refractivity contribution < 1.29 is 32.6 Å². The van der Waals surface area contributed by atoms with Gasteiger partial charge in [0.05, 0.1) is 11.6 Å². The molecular formula is C24H15BrF3NO4. The number of alkyl halides is 3. The van der Waals surface area contributed by atoms with Gasteiger partial charge in [0.1, 0.15) is 11.5 Å². The van der Waals surface area contributed by atoms with Gasteiger partial charge < -0.3 is 9.84 Å². The highest BCUT2D eigenvalue weighted by Crippen LogP contribution is 2.42. The van der Waals surface area contributed by atoms with Crippen LogP contribution >= 0.6 is 15.9 Å². The van der Waals surface area contributed by atoms with E-state index in [2.05, 4.69) is 20.7 Å². The van der Waals surface area contributed by atoms with Crippen molar-refractivity contribution in [1.29, 1.82) is 0 Å². The van der Waals surface area contributed by atoms with Gasteiger partial charge in [-0.05, 0) is 42.0 Å². The molecule has 0 aliphatic carbocycles. The molecule has 0 aromatic heterocycles. The third kappa shape index (κ3) is 4.63. The average molecular weight is 518 g/mol. The molecule has 9 heteroatoms. The molecular weight excluding hydrogens is 503 g/mol. The molecule has 3 aromatic carbocycles. The summed E-state index contributed by atoms with van der Waals surface area (Å²) in [4.78, 5) is 27.2. The Kier molecular flexibility index (Phi) is 5.99. The molecule has 4 rings (SSSR count). The van der Waals surface area contributed by atoms with Crippen LogP contribution in [0, 0.1) is 0 Å². The minimum atomic E-state index is -4.86. The van der Waals surface area contributed by atoms with E-state index in [1.807, 2.05) is 0 Å². The summed E-state index contributed by atoms with van der Waals surface area (Å²) < 4.78 is 42.1. The van der Waals surface area contributed by atoms with E-state index in [-0.39, 0.29) is 17.0 Å². The summed E-state index contributed by atoms with van der Waals surface area (Å²) in [5.41, 5.74) is 0.941. The van der Waals surface area contributed by atoms with Gasteiger partial charge in [-0.1, -0.05) is 58.4 Å². The zero-order chi connectivity index (χ0) is 23.8. The van der Waals surface area contributed by atoms with Crippen LogP contribution in [-0.2, 0) is 9.59 Å². The van der Waals surface area contributed by atoms with Crippen molar-refractivity contribution in [2.75, 3.05) is 4.90 Å². The maximum atomic E-state index is 13.0. The normalized spacial score (nSPS) is 17.9. The molecule has 5 nitrogen and oxygen atoms in total. The maximum Gasteiger partial charge on any atom is 0.573 e. The van der Waals surface area contributed by atoms with Gasteiger partial charge in [-0.25, -0.2) is 0 Å². The topological polar surface area (TPSA) is 66.8 Å². The van der Waals surface area contributed by atoms with Crippen LogP contribution in [0.25, 0.3) is 5.76 Å². The number of carbonyl (C=O) groups excluding carboxylic acids is 2. The number of Topliss-reactive ketones (excluding diaryl/α,β-unsaturated/α-hetero) is 1. The summed E-state index contributed by atoms with van der Waals surface area (Å²) >= 11 is 3.30. The highest BCUT2D eigenvalue weighted by molar-refractivity contribution is 9.10. The molecule has 1 aliphatic heterocycles. The first-order valence-electron chi connectivity index (χ1n) is 9.63. The van der Waals surface area contributed by atoms with Crippen molar-refractivity contribution in [1.82, 2.24) is 0 Å². The standard InChI is InChI=1S/C24H15BrF3NO4/c25-16-8-6-15(7-9-16)21(30)19-20(14-4-2-1-3-5-14)29(23(32)22(19)31)17-10-12-18(13-11-17)33-24(26,27)28/h1-13,20,30H/b21-19+. The molecule has 1 N–H and O–H groups in total. The van der Waals surface area contributed by atoms with Crippen LogP contribution in [0.1, 0.15) is 17.2 Å². The molecule has 1 amide bonds. The van der Waals surface area contributed by atoms with Crippen molar-refractivity contribution in [2.45, 2.75) is 12.4 Å². The number of anilines is 1. The molecule has 1 heterocycles.